The maximum Gasteiger partial charge on any atom is 0.176 e. The van der Waals surface area contributed by atoms with E-state index in [1.54, 1.807) is 24.1 Å². The Morgan fingerprint density at radius 3 is 2.71 bits per heavy atom. The molecule has 1 aromatic heterocycles. The number of aryl methyl sites for hydroxylation is 1. The second kappa shape index (κ2) is 5.64. The second-order valence-corrected chi connectivity index (χ2v) is 5.67. The number of hydrogen-bond donors (Lipinski definition) is 0. The predicted molar refractivity (Wildman–Crippen MR) is 79.1 cm³/mol. The molecule has 1 heterocycles. The van der Waals surface area contributed by atoms with Crippen molar-refractivity contribution in [3.8, 4) is 0 Å². The number of nitrogens with zero attached hydrogens (tertiary/aromatic N) is 2. The molecule has 0 amide bonds. The summed E-state index contributed by atoms with van der Waals surface area (Å²) >= 11 is 0. The van der Waals surface area contributed by atoms with Crippen molar-refractivity contribution in [2.24, 2.45) is 13.0 Å². The van der Waals surface area contributed by atoms with E-state index in [2.05, 4.69) is 17.2 Å². The van der Waals surface area contributed by atoms with Crippen LogP contribution in [0, 0.1) is 5.92 Å². The lowest BCUT2D eigenvalue weighted by molar-refractivity contribution is -0.123. The molecule has 0 N–H and O–H groups in total. The van der Waals surface area contributed by atoms with E-state index >= 15 is 0 Å². The number of rotatable bonds is 3. The maximum atomic E-state index is 12.5. The van der Waals surface area contributed by atoms with E-state index in [0.717, 1.165) is 6.42 Å². The Kier molecular flexibility index (Phi) is 3.69. The Balaban J connectivity index is 1.81. The molecule has 1 aliphatic carbocycles. The Morgan fingerprint density at radius 1 is 1.29 bits per heavy atom. The molecule has 21 heavy (non-hydrogen) atoms. The summed E-state index contributed by atoms with van der Waals surface area (Å²) in [5, 5.41) is 4.02. The van der Waals surface area contributed by atoms with E-state index < -0.39 is 5.92 Å². The van der Waals surface area contributed by atoms with Crippen LogP contribution in [0.15, 0.2) is 42.7 Å². The number of carbonyl (C=O) groups excluding carboxylic acids is 2. The van der Waals surface area contributed by atoms with Crippen LogP contribution in [0.1, 0.15) is 41.1 Å². The van der Waals surface area contributed by atoms with Crippen molar-refractivity contribution in [1.82, 2.24) is 9.78 Å². The summed E-state index contributed by atoms with van der Waals surface area (Å²) in [6, 6.07) is 10.1. The van der Waals surface area contributed by atoms with Crippen LogP contribution in [0.2, 0.25) is 0 Å². The van der Waals surface area contributed by atoms with Gasteiger partial charge >= 0.3 is 0 Å². The third kappa shape index (κ3) is 2.79. The van der Waals surface area contributed by atoms with Crippen molar-refractivity contribution in [2.45, 2.75) is 25.2 Å². The molecule has 108 valence electrons. The first kappa shape index (κ1) is 13.7. The van der Waals surface area contributed by atoms with Crippen LogP contribution < -0.4 is 0 Å². The Labute approximate surface area is 123 Å². The molecule has 0 spiro atoms. The van der Waals surface area contributed by atoms with Gasteiger partial charge in [-0.05, 0) is 24.3 Å². The van der Waals surface area contributed by atoms with Gasteiger partial charge in [0.1, 0.15) is 5.78 Å². The van der Waals surface area contributed by atoms with Crippen molar-refractivity contribution < 1.29 is 9.59 Å². The summed E-state index contributed by atoms with van der Waals surface area (Å²) in [5.41, 5.74) is 1.75. The zero-order chi connectivity index (χ0) is 14.8. The van der Waals surface area contributed by atoms with E-state index in [1.165, 1.54) is 5.56 Å². The summed E-state index contributed by atoms with van der Waals surface area (Å²) in [6.07, 6.45) is 5.15. The van der Waals surface area contributed by atoms with Gasteiger partial charge in [0.25, 0.3) is 0 Å². The van der Waals surface area contributed by atoms with Crippen LogP contribution in [-0.4, -0.2) is 21.3 Å². The van der Waals surface area contributed by atoms with Gasteiger partial charge in [-0.2, -0.15) is 5.10 Å². The highest BCUT2D eigenvalue weighted by molar-refractivity contribution is 6.10. The van der Waals surface area contributed by atoms with Gasteiger partial charge in [-0.25, -0.2) is 0 Å². The van der Waals surface area contributed by atoms with E-state index in [4.69, 9.17) is 0 Å². The third-order valence-electron chi connectivity index (χ3n) is 4.22. The molecule has 2 atom stereocenters. The van der Waals surface area contributed by atoms with Gasteiger partial charge in [0.2, 0.25) is 0 Å². The van der Waals surface area contributed by atoms with Crippen LogP contribution in [0.4, 0.5) is 0 Å². The molecule has 1 aromatic carbocycles. The highest BCUT2D eigenvalue weighted by Crippen LogP contribution is 2.35. The Morgan fingerprint density at radius 2 is 2.05 bits per heavy atom. The molecule has 4 nitrogen and oxygen atoms in total. The van der Waals surface area contributed by atoms with Gasteiger partial charge in [-0.3, -0.25) is 14.3 Å². The number of benzene rings is 1. The monoisotopic (exact) mass is 282 g/mol. The van der Waals surface area contributed by atoms with Crippen LogP contribution in [0.3, 0.4) is 0 Å². The summed E-state index contributed by atoms with van der Waals surface area (Å²) in [4.78, 5) is 24.7. The topological polar surface area (TPSA) is 52.0 Å². The molecule has 0 bridgehead atoms. The lowest BCUT2D eigenvalue weighted by atomic mass is 9.75. The SMILES string of the molecule is Cn1cc(C(=O)C2CC(c3ccccc3)CCC2=O)cn1. The van der Waals surface area contributed by atoms with Gasteiger partial charge in [0.05, 0.1) is 17.7 Å². The number of hydrogen-bond acceptors (Lipinski definition) is 3. The molecule has 4 heteroatoms. The molecular formula is C17H18N2O2. The molecule has 3 rings (SSSR count). The van der Waals surface area contributed by atoms with Crippen LogP contribution in [0.5, 0.6) is 0 Å². The predicted octanol–water partition coefficient (Wildman–Crippen LogP) is 2.76. The summed E-state index contributed by atoms with van der Waals surface area (Å²) in [5.74, 6) is -0.257. The summed E-state index contributed by atoms with van der Waals surface area (Å²) < 4.78 is 1.59. The fourth-order valence-corrected chi connectivity index (χ4v) is 3.06. The minimum Gasteiger partial charge on any atom is -0.299 e. The van der Waals surface area contributed by atoms with Crippen molar-refractivity contribution in [3.63, 3.8) is 0 Å². The van der Waals surface area contributed by atoms with Gasteiger partial charge in [-0.15, -0.1) is 0 Å². The summed E-state index contributed by atoms with van der Waals surface area (Å²) in [7, 11) is 1.77. The number of carbonyl (C=O) groups is 2. The molecule has 2 unspecified atom stereocenters. The largest absolute Gasteiger partial charge is 0.299 e. The average molecular weight is 282 g/mol. The molecular weight excluding hydrogens is 264 g/mol. The highest BCUT2D eigenvalue weighted by Gasteiger charge is 2.35. The van der Waals surface area contributed by atoms with Crippen molar-refractivity contribution in [1.29, 1.82) is 0 Å². The summed E-state index contributed by atoms with van der Waals surface area (Å²) in [6.45, 7) is 0. The van der Waals surface area contributed by atoms with Crippen LogP contribution in [-0.2, 0) is 11.8 Å². The molecule has 0 aliphatic heterocycles. The molecule has 1 fully saturated rings. The lowest BCUT2D eigenvalue weighted by Crippen LogP contribution is -2.30. The molecule has 1 aliphatic rings. The Hall–Kier alpha value is -2.23. The van der Waals surface area contributed by atoms with E-state index in [-0.39, 0.29) is 17.5 Å². The minimum absolute atomic E-state index is 0.0658. The third-order valence-corrected chi connectivity index (χ3v) is 4.22. The van der Waals surface area contributed by atoms with E-state index in [0.29, 0.717) is 18.4 Å². The number of ketones is 2. The average Bonchev–Trinajstić information content (AvgIpc) is 2.94. The quantitative estimate of drug-likeness (QED) is 0.642. The minimum atomic E-state index is -0.520. The van der Waals surface area contributed by atoms with Crippen molar-refractivity contribution >= 4 is 11.6 Å². The van der Waals surface area contributed by atoms with Gasteiger partial charge < -0.3 is 0 Å². The first-order chi connectivity index (χ1) is 10.1. The van der Waals surface area contributed by atoms with Gasteiger partial charge in [0, 0.05) is 19.7 Å². The smallest absolute Gasteiger partial charge is 0.176 e. The highest BCUT2D eigenvalue weighted by atomic mass is 16.2. The first-order valence-electron chi connectivity index (χ1n) is 7.25. The van der Waals surface area contributed by atoms with Gasteiger partial charge in [0.15, 0.2) is 5.78 Å². The fraction of sp³-hybridized carbons (Fsp3) is 0.353. The van der Waals surface area contributed by atoms with Crippen molar-refractivity contribution in [3.05, 3.63) is 53.9 Å². The van der Waals surface area contributed by atoms with Gasteiger partial charge in [-0.1, -0.05) is 30.3 Å². The molecule has 1 saturated carbocycles. The van der Waals surface area contributed by atoms with E-state index in [1.807, 2.05) is 18.2 Å². The zero-order valence-electron chi connectivity index (χ0n) is 12.0. The standard InChI is InChI=1S/C17H18N2O2/c1-19-11-14(10-18-19)17(21)15-9-13(7-8-16(15)20)12-5-3-2-4-6-12/h2-6,10-11,13,15H,7-9H2,1H3. The fourth-order valence-electron chi connectivity index (χ4n) is 3.06. The molecule has 0 saturated heterocycles. The normalized spacial score (nSPS) is 22.2. The van der Waals surface area contributed by atoms with E-state index in [9.17, 15) is 9.59 Å². The Bertz CT molecular complexity index is 660. The van der Waals surface area contributed by atoms with Crippen molar-refractivity contribution in [2.75, 3.05) is 0 Å². The molecule has 0 radical (unpaired) electrons. The first-order valence-corrected chi connectivity index (χ1v) is 7.25. The lowest BCUT2D eigenvalue weighted by Gasteiger charge is -2.27. The number of Topliss-reactive ketones (excluding diaryl/α,β-unsaturated/α-hetero) is 2. The molecule has 2 aromatic rings. The van der Waals surface area contributed by atoms with Crippen LogP contribution in [0.25, 0.3) is 0 Å². The zero-order valence-corrected chi connectivity index (χ0v) is 12.0. The maximum absolute atomic E-state index is 12.5. The number of aromatic nitrogens is 2. The van der Waals surface area contributed by atoms with Crippen LogP contribution >= 0.6 is 0 Å². The second-order valence-electron chi connectivity index (χ2n) is 5.67.